The molecule has 1 aromatic heterocycles. The Hall–Kier alpha value is -3.42. The molecule has 0 spiro atoms. The lowest BCUT2D eigenvalue weighted by molar-refractivity contribution is -0.383. The van der Waals surface area contributed by atoms with Crippen molar-refractivity contribution in [1.82, 2.24) is 9.97 Å². The van der Waals surface area contributed by atoms with Gasteiger partial charge in [-0.05, 0) is 30.7 Å². The maximum Gasteiger partial charge on any atom is 0.294 e. The Morgan fingerprint density at radius 1 is 1.19 bits per heavy atom. The molecule has 0 amide bonds. The number of hydrogen-bond acceptors (Lipinski definition) is 7. The highest BCUT2D eigenvalue weighted by Crippen LogP contribution is 2.30. The number of fused-ring (bicyclic) bond motifs is 1. The summed E-state index contributed by atoms with van der Waals surface area (Å²) in [4.78, 5) is 19.5. The molecule has 0 fully saturated rings. The summed E-state index contributed by atoms with van der Waals surface area (Å²) in [7, 11) is 1.60. The first kappa shape index (κ1) is 17.4. The summed E-state index contributed by atoms with van der Waals surface area (Å²) in [6.07, 6.45) is 1.50. The van der Waals surface area contributed by atoms with Gasteiger partial charge in [0.15, 0.2) is 0 Å². The van der Waals surface area contributed by atoms with E-state index in [1.807, 2.05) is 31.2 Å². The van der Waals surface area contributed by atoms with Crippen LogP contribution in [0, 0.1) is 10.1 Å². The van der Waals surface area contributed by atoms with Crippen LogP contribution in [0.3, 0.4) is 0 Å². The van der Waals surface area contributed by atoms with E-state index in [1.165, 1.54) is 12.3 Å². The van der Waals surface area contributed by atoms with Crippen LogP contribution in [0.2, 0.25) is 0 Å². The van der Waals surface area contributed by atoms with Crippen LogP contribution in [-0.4, -0.2) is 28.6 Å². The number of aromatic nitrogens is 2. The van der Waals surface area contributed by atoms with Crippen molar-refractivity contribution in [2.75, 3.05) is 19.0 Å². The molecule has 0 saturated carbocycles. The smallest absolute Gasteiger partial charge is 0.294 e. The number of ether oxygens (including phenoxy) is 2. The third-order valence-electron chi connectivity index (χ3n) is 3.77. The molecule has 26 heavy (non-hydrogen) atoms. The highest BCUT2D eigenvalue weighted by Gasteiger charge is 2.17. The fourth-order valence-corrected chi connectivity index (χ4v) is 2.48. The highest BCUT2D eigenvalue weighted by molar-refractivity contribution is 5.84. The zero-order chi connectivity index (χ0) is 18.5. The molecule has 3 rings (SSSR count). The topological polar surface area (TPSA) is 99.4 Å². The van der Waals surface area contributed by atoms with E-state index >= 15 is 0 Å². The molecule has 0 saturated heterocycles. The van der Waals surface area contributed by atoms with Crippen molar-refractivity contribution in [3.05, 3.63) is 58.3 Å². The van der Waals surface area contributed by atoms with Crippen molar-refractivity contribution in [3.8, 4) is 11.6 Å². The predicted octanol–water partition coefficient (Wildman–Crippen LogP) is 3.56. The molecule has 0 aliphatic carbocycles. The van der Waals surface area contributed by atoms with Gasteiger partial charge in [0.2, 0.25) is 5.88 Å². The number of hydrogen-bond donors (Lipinski definition) is 1. The fourth-order valence-electron chi connectivity index (χ4n) is 2.48. The van der Waals surface area contributed by atoms with Gasteiger partial charge in [-0.25, -0.2) is 9.97 Å². The van der Waals surface area contributed by atoms with Crippen molar-refractivity contribution >= 4 is 22.4 Å². The molecular formula is C18H18N4O4. The van der Waals surface area contributed by atoms with Crippen molar-refractivity contribution in [1.29, 1.82) is 0 Å². The monoisotopic (exact) mass is 354 g/mol. The maximum absolute atomic E-state index is 11.4. The molecule has 8 nitrogen and oxygen atoms in total. The van der Waals surface area contributed by atoms with E-state index in [4.69, 9.17) is 9.47 Å². The number of nitrogens with zero attached hydrogens (tertiary/aromatic N) is 3. The van der Waals surface area contributed by atoms with Crippen LogP contribution in [-0.2, 0) is 6.54 Å². The van der Waals surface area contributed by atoms with Gasteiger partial charge in [-0.1, -0.05) is 12.1 Å². The third kappa shape index (κ3) is 3.80. The van der Waals surface area contributed by atoms with Crippen LogP contribution < -0.4 is 14.8 Å². The zero-order valence-corrected chi connectivity index (χ0v) is 14.4. The average molecular weight is 354 g/mol. The average Bonchev–Trinajstić information content (AvgIpc) is 2.66. The summed E-state index contributed by atoms with van der Waals surface area (Å²) < 4.78 is 10.4. The van der Waals surface area contributed by atoms with Crippen LogP contribution in [0.1, 0.15) is 12.5 Å². The van der Waals surface area contributed by atoms with Gasteiger partial charge in [-0.15, -0.1) is 0 Å². The minimum Gasteiger partial charge on any atom is -0.497 e. The van der Waals surface area contributed by atoms with Crippen molar-refractivity contribution in [2.45, 2.75) is 13.5 Å². The lowest BCUT2D eigenvalue weighted by Crippen LogP contribution is -2.04. The van der Waals surface area contributed by atoms with Gasteiger partial charge in [-0.3, -0.25) is 10.1 Å². The summed E-state index contributed by atoms with van der Waals surface area (Å²) >= 11 is 0. The van der Waals surface area contributed by atoms with Gasteiger partial charge in [0, 0.05) is 12.6 Å². The number of methoxy groups -OCH3 is 1. The zero-order valence-electron chi connectivity index (χ0n) is 14.4. The van der Waals surface area contributed by atoms with Gasteiger partial charge < -0.3 is 14.8 Å². The molecule has 0 radical (unpaired) electrons. The van der Waals surface area contributed by atoms with Crippen LogP contribution >= 0.6 is 0 Å². The quantitative estimate of drug-likeness (QED) is 0.511. The normalized spacial score (nSPS) is 10.5. The van der Waals surface area contributed by atoms with E-state index in [-0.39, 0.29) is 5.69 Å². The van der Waals surface area contributed by atoms with Crippen molar-refractivity contribution < 1.29 is 14.4 Å². The van der Waals surface area contributed by atoms with Crippen LogP contribution in [0.15, 0.2) is 42.6 Å². The Morgan fingerprint density at radius 2 is 1.96 bits per heavy atom. The Bertz CT molecular complexity index is 928. The Morgan fingerprint density at radius 3 is 2.62 bits per heavy atom. The molecule has 8 heteroatoms. The number of nitro benzene ring substituents is 1. The minimum atomic E-state index is -0.440. The van der Waals surface area contributed by atoms with Gasteiger partial charge in [0.25, 0.3) is 5.69 Å². The fraction of sp³-hybridized carbons (Fsp3) is 0.222. The second-order valence-corrected chi connectivity index (χ2v) is 5.46. The van der Waals surface area contributed by atoms with Crippen LogP contribution in [0.25, 0.3) is 11.0 Å². The van der Waals surface area contributed by atoms with E-state index < -0.39 is 4.92 Å². The van der Waals surface area contributed by atoms with Gasteiger partial charge in [0.1, 0.15) is 11.4 Å². The summed E-state index contributed by atoms with van der Waals surface area (Å²) in [6, 6.07) is 10.5. The maximum atomic E-state index is 11.4. The first-order valence-corrected chi connectivity index (χ1v) is 8.05. The van der Waals surface area contributed by atoms with Gasteiger partial charge >= 0.3 is 0 Å². The lowest BCUT2D eigenvalue weighted by Gasteiger charge is -2.09. The van der Waals surface area contributed by atoms with E-state index in [2.05, 4.69) is 15.3 Å². The second kappa shape index (κ2) is 7.64. The predicted molar refractivity (Wildman–Crippen MR) is 97.7 cm³/mol. The standard InChI is InChI=1S/C18H18N4O4/c1-3-26-18-11-20-14-8-16(17(22(23)24)9-15(14)21-18)19-10-12-4-6-13(25-2)7-5-12/h4-9,11,19H,3,10H2,1-2H3. The van der Waals surface area contributed by atoms with E-state index in [0.29, 0.717) is 35.8 Å². The molecule has 0 aliphatic heterocycles. The molecule has 0 unspecified atom stereocenters. The molecule has 0 bridgehead atoms. The number of anilines is 1. The summed E-state index contributed by atoms with van der Waals surface area (Å²) in [5, 5.41) is 14.5. The molecule has 0 aliphatic rings. The number of rotatable bonds is 7. The van der Waals surface area contributed by atoms with Crippen LogP contribution in [0.5, 0.6) is 11.6 Å². The summed E-state index contributed by atoms with van der Waals surface area (Å²) in [6.45, 7) is 2.71. The summed E-state index contributed by atoms with van der Waals surface area (Å²) in [5.74, 6) is 1.10. The number of nitrogens with one attached hydrogen (secondary N) is 1. The summed E-state index contributed by atoms with van der Waals surface area (Å²) in [5.41, 5.74) is 2.26. The second-order valence-electron chi connectivity index (χ2n) is 5.46. The first-order chi connectivity index (χ1) is 12.6. The number of nitro groups is 1. The molecule has 3 aromatic rings. The number of benzene rings is 2. The van der Waals surface area contributed by atoms with E-state index in [1.54, 1.807) is 13.2 Å². The molecule has 1 heterocycles. The Labute approximate surface area is 149 Å². The van der Waals surface area contributed by atoms with Crippen molar-refractivity contribution in [2.24, 2.45) is 0 Å². The minimum absolute atomic E-state index is 0.0611. The molecule has 134 valence electrons. The Kier molecular flexibility index (Phi) is 5.12. The largest absolute Gasteiger partial charge is 0.497 e. The van der Waals surface area contributed by atoms with Gasteiger partial charge in [-0.2, -0.15) is 0 Å². The van der Waals surface area contributed by atoms with E-state index in [9.17, 15) is 10.1 Å². The first-order valence-electron chi connectivity index (χ1n) is 8.05. The van der Waals surface area contributed by atoms with Gasteiger partial charge in [0.05, 0.1) is 35.9 Å². The van der Waals surface area contributed by atoms with E-state index in [0.717, 1.165) is 11.3 Å². The van der Waals surface area contributed by atoms with Crippen molar-refractivity contribution in [3.63, 3.8) is 0 Å². The lowest BCUT2D eigenvalue weighted by atomic mass is 10.2. The molecule has 2 aromatic carbocycles. The molecule has 1 N–H and O–H groups in total. The molecule has 0 atom stereocenters. The Balaban J connectivity index is 1.89. The third-order valence-corrected chi connectivity index (χ3v) is 3.77. The highest BCUT2D eigenvalue weighted by atomic mass is 16.6. The van der Waals surface area contributed by atoms with Crippen LogP contribution in [0.4, 0.5) is 11.4 Å². The SMILES string of the molecule is CCOc1cnc2cc(NCc3ccc(OC)cc3)c([N+](=O)[O-])cc2n1. The molecular weight excluding hydrogens is 336 g/mol.